The second-order valence-corrected chi connectivity index (χ2v) is 10.2. The molecule has 0 aliphatic rings. The standard InChI is InChI=1S/C16H38O4Si2/c1-17-15(18-2)9-13-21-11-7-5-6-8-12-22-14-10-16(19-3)20-4/h15-16H,5-14,21-22H2,1-4H3. The minimum Gasteiger partial charge on any atom is -0.356 e. The Kier molecular flexibility index (Phi) is 17.8. The number of methoxy groups -OCH3 is 4. The van der Waals surface area contributed by atoms with Gasteiger partial charge in [0.25, 0.3) is 0 Å². The van der Waals surface area contributed by atoms with Gasteiger partial charge in [0.05, 0.1) is 0 Å². The third kappa shape index (κ3) is 13.9. The number of ether oxygens (including phenoxy) is 4. The van der Waals surface area contributed by atoms with Crippen LogP contribution in [0.1, 0.15) is 38.5 Å². The van der Waals surface area contributed by atoms with Crippen molar-refractivity contribution in [3.8, 4) is 0 Å². The zero-order valence-electron chi connectivity index (χ0n) is 15.3. The first-order chi connectivity index (χ1) is 10.8. The lowest BCUT2D eigenvalue weighted by atomic mass is 10.2. The minimum absolute atomic E-state index is 0.0215. The summed E-state index contributed by atoms with van der Waals surface area (Å²) in [6.07, 6.45) is 7.93. The van der Waals surface area contributed by atoms with E-state index < -0.39 is 0 Å². The average Bonchev–Trinajstić information content (AvgIpc) is 2.55. The Hall–Kier alpha value is 0.274. The molecule has 22 heavy (non-hydrogen) atoms. The van der Waals surface area contributed by atoms with Crippen LogP contribution < -0.4 is 0 Å². The summed E-state index contributed by atoms with van der Waals surface area (Å²) in [5.74, 6) is 0. The fourth-order valence-electron chi connectivity index (χ4n) is 2.70. The second-order valence-electron chi connectivity index (χ2n) is 5.91. The van der Waals surface area contributed by atoms with Crippen LogP contribution >= 0.6 is 0 Å². The van der Waals surface area contributed by atoms with Crippen LogP contribution in [0.2, 0.25) is 24.2 Å². The van der Waals surface area contributed by atoms with Gasteiger partial charge in [-0.1, -0.05) is 49.9 Å². The molecule has 0 saturated carbocycles. The molecule has 0 amide bonds. The van der Waals surface area contributed by atoms with Gasteiger partial charge in [0.2, 0.25) is 0 Å². The zero-order valence-corrected chi connectivity index (χ0v) is 18.1. The van der Waals surface area contributed by atoms with Crippen LogP contribution in [0.4, 0.5) is 0 Å². The van der Waals surface area contributed by atoms with Crippen molar-refractivity contribution in [2.24, 2.45) is 0 Å². The highest BCUT2D eigenvalue weighted by Crippen LogP contribution is 2.10. The molecule has 0 fully saturated rings. The number of rotatable bonds is 17. The van der Waals surface area contributed by atoms with Gasteiger partial charge < -0.3 is 18.9 Å². The van der Waals surface area contributed by atoms with Crippen LogP contribution in [-0.2, 0) is 18.9 Å². The van der Waals surface area contributed by atoms with Crippen molar-refractivity contribution in [2.75, 3.05) is 28.4 Å². The third-order valence-corrected chi connectivity index (χ3v) is 8.00. The Morgan fingerprint density at radius 3 is 1.23 bits per heavy atom. The first kappa shape index (κ1) is 22.3. The maximum Gasteiger partial charge on any atom is 0.156 e. The molecule has 0 aromatic rings. The SMILES string of the molecule is COC(CC[SiH2]CCCCCC[SiH2]CCC(OC)OC)OC. The molecule has 0 rings (SSSR count). The Bertz CT molecular complexity index is 190. The number of unbranched alkanes of at least 4 members (excludes halogenated alkanes) is 3. The van der Waals surface area contributed by atoms with Crippen LogP contribution in [0.3, 0.4) is 0 Å². The molecule has 0 aromatic heterocycles. The molecule has 134 valence electrons. The van der Waals surface area contributed by atoms with Gasteiger partial charge in [-0.3, -0.25) is 0 Å². The quantitative estimate of drug-likeness (QED) is 0.229. The summed E-state index contributed by atoms with van der Waals surface area (Å²) in [4.78, 5) is 0. The van der Waals surface area contributed by atoms with Crippen molar-refractivity contribution in [1.29, 1.82) is 0 Å². The van der Waals surface area contributed by atoms with Crippen molar-refractivity contribution in [3.05, 3.63) is 0 Å². The number of hydrogen-bond acceptors (Lipinski definition) is 4. The largest absolute Gasteiger partial charge is 0.356 e. The Balaban J connectivity index is 3.14. The lowest BCUT2D eigenvalue weighted by molar-refractivity contribution is -0.103. The summed E-state index contributed by atoms with van der Waals surface area (Å²) in [5, 5.41) is 0. The van der Waals surface area contributed by atoms with E-state index in [1.165, 1.54) is 49.9 Å². The summed E-state index contributed by atoms with van der Waals surface area (Å²) in [6, 6.07) is 5.67. The van der Waals surface area contributed by atoms with E-state index in [0.717, 1.165) is 12.8 Å². The molecule has 0 heterocycles. The van der Waals surface area contributed by atoms with Crippen molar-refractivity contribution < 1.29 is 18.9 Å². The first-order valence-electron chi connectivity index (χ1n) is 8.89. The maximum absolute atomic E-state index is 5.21. The summed E-state index contributed by atoms with van der Waals surface area (Å²) in [6.45, 7) is 0. The first-order valence-corrected chi connectivity index (χ1v) is 12.9. The summed E-state index contributed by atoms with van der Waals surface area (Å²) < 4.78 is 20.8. The van der Waals surface area contributed by atoms with Crippen LogP contribution in [-0.4, -0.2) is 60.1 Å². The number of hydrogen-bond donors (Lipinski definition) is 0. The van der Waals surface area contributed by atoms with Crippen LogP contribution in [0.5, 0.6) is 0 Å². The molecule has 0 unspecified atom stereocenters. The maximum atomic E-state index is 5.21. The Morgan fingerprint density at radius 2 is 0.909 bits per heavy atom. The van der Waals surface area contributed by atoms with Gasteiger partial charge in [0.1, 0.15) is 0 Å². The molecule has 0 bridgehead atoms. The van der Waals surface area contributed by atoms with Gasteiger partial charge in [-0.25, -0.2) is 0 Å². The van der Waals surface area contributed by atoms with E-state index in [4.69, 9.17) is 18.9 Å². The highest BCUT2D eigenvalue weighted by atomic mass is 28.2. The molecule has 0 aromatic carbocycles. The monoisotopic (exact) mass is 350 g/mol. The predicted molar refractivity (Wildman–Crippen MR) is 99.6 cm³/mol. The van der Waals surface area contributed by atoms with Crippen LogP contribution in [0, 0.1) is 0 Å². The molecule has 0 N–H and O–H groups in total. The normalized spacial score (nSPS) is 12.8. The van der Waals surface area contributed by atoms with Crippen molar-refractivity contribution in [3.63, 3.8) is 0 Å². The summed E-state index contributed by atoms with van der Waals surface area (Å²) >= 11 is 0. The van der Waals surface area contributed by atoms with Gasteiger partial charge in [0.15, 0.2) is 12.6 Å². The highest BCUT2D eigenvalue weighted by Gasteiger charge is 2.04. The van der Waals surface area contributed by atoms with E-state index in [2.05, 4.69) is 0 Å². The van der Waals surface area contributed by atoms with E-state index in [9.17, 15) is 0 Å². The summed E-state index contributed by atoms with van der Waals surface area (Å²) in [5.41, 5.74) is 0. The van der Waals surface area contributed by atoms with E-state index in [1.54, 1.807) is 28.4 Å². The smallest absolute Gasteiger partial charge is 0.156 e. The lowest BCUT2D eigenvalue weighted by Gasteiger charge is -2.12. The molecule has 0 radical (unpaired) electrons. The zero-order chi connectivity index (χ0) is 16.5. The molecule has 0 spiro atoms. The fourth-order valence-corrected chi connectivity index (χ4v) is 6.07. The molecule has 0 saturated heterocycles. The third-order valence-electron chi connectivity index (χ3n) is 4.18. The van der Waals surface area contributed by atoms with Crippen molar-refractivity contribution in [2.45, 2.75) is 75.3 Å². The van der Waals surface area contributed by atoms with E-state index >= 15 is 0 Å². The van der Waals surface area contributed by atoms with Crippen LogP contribution in [0.15, 0.2) is 0 Å². The van der Waals surface area contributed by atoms with Gasteiger partial charge in [0, 0.05) is 47.5 Å². The molecule has 6 heteroatoms. The van der Waals surface area contributed by atoms with E-state index in [-0.39, 0.29) is 31.6 Å². The Labute approximate surface area is 142 Å². The molecule has 0 atom stereocenters. The molecule has 0 aliphatic heterocycles. The lowest BCUT2D eigenvalue weighted by Crippen LogP contribution is -2.13. The molecule has 4 nitrogen and oxygen atoms in total. The van der Waals surface area contributed by atoms with Gasteiger partial charge in [-0.05, 0) is 12.8 Å². The predicted octanol–water partition coefficient (Wildman–Crippen LogP) is 2.58. The van der Waals surface area contributed by atoms with E-state index in [0.29, 0.717) is 0 Å². The Morgan fingerprint density at radius 1 is 0.545 bits per heavy atom. The molecular formula is C16H38O4Si2. The second kappa shape index (κ2) is 17.6. The van der Waals surface area contributed by atoms with Gasteiger partial charge >= 0.3 is 0 Å². The fraction of sp³-hybridized carbons (Fsp3) is 1.00. The summed E-state index contributed by atoms with van der Waals surface area (Å²) in [7, 11) is 7.12. The van der Waals surface area contributed by atoms with Crippen molar-refractivity contribution >= 4 is 19.0 Å². The van der Waals surface area contributed by atoms with Crippen LogP contribution in [0.25, 0.3) is 0 Å². The molecular weight excluding hydrogens is 312 g/mol. The topological polar surface area (TPSA) is 36.9 Å². The van der Waals surface area contributed by atoms with Gasteiger partial charge in [-0.2, -0.15) is 0 Å². The minimum atomic E-state index is 0.0215. The molecule has 0 aliphatic carbocycles. The average molecular weight is 351 g/mol. The van der Waals surface area contributed by atoms with E-state index in [1.807, 2.05) is 0 Å². The van der Waals surface area contributed by atoms with Gasteiger partial charge in [-0.15, -0.1) is 0 Å². The van der Waals surface area contributed by atoms with Crippen molar-refractivity contribution in [1.82, 2.24) is 0 Å². The highest BCUT2D eigenvalue weighted by molar-refractivity contribution is 6.35.